The number of hydrogen-bond acceptors (Lipinski definition) is 13. The van der Waals surface area contributed by atoms with Crippen molar-refractivity contribution in [3.8, 4) is 0 Å². The molecule has 0 saturated carbocycles. The first-order chi connectivity index (χ1) is 28.8. The molecule has 1 amide bonds. The van der Waals surface area contributed by atoms with E-state index in [-0.39, 0.29) is 48.3 Å². The zero-order chi connectivity index (χ0) is 45.6. The maximum Gasteiger partial charge on any atom is 0.373 e. The first-order valence-electron chi connectivity index (χ1n) is 21.0. The number of nitrogens with one attached hydrogen (secondary N) is 1. The number of aliphatic hydroxyl groups is 4. The fourth-order valence-corrected chi connectivity index (χ4v) is 7.81. The van der Waals surface area contributed by atoms with Crippen LogP contribution in [0.15, 0.2) is 95.2 Å². The maximum absolute atomic E-state index is 13.8. The van der Waals surface area contributed by atoms with Crippen LogP contribution in [0, 0.1) is 29.6 Å². The number of esters is 2. The van der Waals surface area contributed by atoms with Crippen molar-refractivity contribution in [3.63, 3.8) is 0 Å². The summed E-state index contributed by atoms with van der Waals surface area (Å²) in [6.45, 7) is 14.6. The van der Waals surface area contributed by atoms with Gasteiger partial charge in [0.2, 0.25) is 11.7 Å². The standard InChI is InChI=1S/C47H67NO13/c1-11-12-13-14-17-36-31(6)39(59-41(52)22-21-40(51)48-42-34(49)19-20-35(42)50)26-47(56,61-36)33(8)44(54)32(7)45-37(57-9)18-15-16-27(2)23-29(4)43(53)30(5)24-28(3)25-38(58-10)46(55)60-45/h12-18,21-22,24-25,29-33,36-37,39,43-45,49,53-54,56H,11,19-20,23,26H2,1-10H3,(H,48,51)/b13-12+,17-14+,18-15+,22-21+,27-16+,28-24+,38-25-/t29-,30?,31+,32-,33-,36+,37-,39+,43-,44+,45+,47+/m0/s1. The van der Waals surface area contributed by atoms with Gasteiger partial charge in [-0.2, -0.15) is 0 Å². The number of ketones is 1. The van der Waals surface area contributed by atoms with Crippen LogP contribution in [0.1, 0.15) is 87.5 Å². The van der Waals surface area contributed by atoms with Crippen LogP contribution >= 0.6 is 0 Å². The third kappa shape index (κ3) is 14.2. The lowest BCUT2D eigenvalue weighted by Crippen LogP contribution is -2.58. The smallest absolute Gasteiger partial charge is 0.373 e. The minimum atomic E-state index is -2.10. The zero-order valence-corrected chi connectivity index (χ0v) is 37.2. The fourth-order valence-electron chi connectivity index (χ4n) is 7.81. The lowest BCUT2D eigenvalue weighted by molar-refractivity contribution is -0.314. The topological polar surface area (TPSA) is 207 Å². The monoisotopic (exact) mass is 853 g/mol. The molecule has 12 atom stereocenters. The number of amides is 1. The first-order valence-corrected chi connectivity index (χ1v) is 21.0. The van der Waals surface area contributed by atoms with Crippen molar-refractivity contribution in [1.82, 2.24) is 5.32 Å². The van der Waals surface area contributed by atoms with Gasteiger partial charge in [-0.25, -0.2) is 9.59 Å². The number of aliphatic hydroxyl groups excluding tert-OH is 3. The predicted octanol–water partition coefficient (Wildman–Crippen LogP) is 5.91. The second-order valence-electron chi connectivity index (χ2n) is 16.5. The van der Waals surface area contributed by atoms with E-state index in [4.69, 9.17) is 23.7 Å². The van der Waals surface area contributed by atoms with Gasteiger partial charge in [0, 0.05) is 62.2 Å². The van der Waals surface area contributed by atoms with E-state index in [9.17, 15) is 39.6 Å². The molecule has 2 heterocycles. The average Bonchev–Trinajstić information content (AvgIpc) is 3.53. The van der Waals surface area contributed by atoms with E-state index in [1.807, 2.05) is 52.0 Å². The lowest BCUT2D eigenvalue weighted by Gasteiger charge is -2.48. The first kappa shape index (κ1) is 50.8. The van der Waals surface area contributed by atoms with Gasteiger partial charge in [-0.15, -0.1) is 0 Å². The van der Waals surface area contributed by atoms with E-state index >= 15 is 0 Å². The minimum absolute atomic E-state index is 0.0657. The van der Waals surface area contributed by atoms with E-state index < -0.39 is 83.8 Å². The van der Waals surface area contributed by atoms with Gasteiger partial charge in [-0.05, 0) is 38.7 Å². The van der Waals surface area contributed by atoms with Gasteiger partial charge in [-0.1, -0.05) is 101 Å². The number of carbonyl (C=O) groups is 4. The van der Waals surface area contributed by atoms with Gasteiger partial charge < -0.3 is 49.4 Å². The van der Waals surface area contributed by atoms with Gasteiger partial charge in [0.05, 0.1) is 25.4 Å². The molecule has 3 aliphatic rings. The summed E-state index contributed by atoms with van der Waals surface area (Å²) in [7, 11) is 2.79. The quantitative estimate of drug-likeness (QED) is 0.0831. The number of allylic oxidation sites excluding steroid dienone is 10. The Balaban J connectivity index is 1.97. The van der Waals surface area contributed by atoms with Gasteiger partial charge in [0.25, 0.3) is 0 Å². The van der Waals surface area contributed by atoms with Crippen molar-refractivity contribution >= 4 is 23.6 Å². The molecule has 1 aliphatic carbocycles. The highest BCUT2D eigenvalue weighted by atomic mass is 16.6. The lowest BCUT2D eigenvalue weighted by atomic mass is 9.77. The molecule has 14 heteroatoms. The molecule has 0 radical (unpaired) electrons. The van der Waals surface area contributed by atoms with Crippen molar-refractivity contribution < 1.29 is 63.3 Å². The molecule has 1 unspecified atom stereocenters. The number of Topliss-reactive ketones (excluding diaryl/α,β-unsaturated/α-hetero) is 1. The molecule has 5 N–H and O–H groups in total. The van der Waals surface area contributed by atoms with Crippen molar-refractivity contribution in [2.75, 3.05) is 14.2 Å². The molecular formula is C47H67NO13. The van der Waals surface area contributed by atoms with Crippen LogP contribution in [0.5, 0.6) is 0 Å². The molecular weight excluding hydrogens is 787 g/mol. The highest BCUT2D eigenvalue weighted by molar-refractivity contribution is 6.04. The summed E-state index contributed by atoms with van der Waals surface area (Å²) in [5, 5.41) is 47.6. The Labute approximate surface area is 360 Å². The van der Waals surface area contributed by atoms with E-state index in [0.29, 0.717) is 12.0 Å². The maximum atomic E-state index is 13.8. The van der Waals surface area contributed by atoms with Crippen LogP contribution in [0.25, 0.3) is 0 Å². The van der Waals surface area contributed by atoms with E-state index in [2.05, 4.69) is 5.32 Å². The number of rotatable bonds is 13. The third-order valence-corrected chi connectivity index (χ3v) is 11.6. The molecule has 0 spiro atoms. The van der Waals surface area contributed by atoms with Gasteiger partial charge in [0.1, 0.15) is 29.8 Å². The summed E-state index contributed by atoms with van der Waals surface area (Å²) in [5.41, 5.74) is 1.46. The molecule has 0 aromatic carbocycles. The van der Waals surface area contributed by atoms with Crippen molar-refractivity contribution in [1.29, 1.82) is 0 Å². The summed E-state index contributed by atoms with van der Waals surface area (Å²) in [5.74, 6) is -8.20. The highest BCUT2D eigenvalue weighted by Crippen LogP contribution is 2.41. The number of hydrogen-bond donors (Lipinski definition) is 5. The van der Waals surface area contributed by atoms with Gasteiger partial charge >= 0.3 is 11.9 Å². The van der Waals surface area contributed by atoms with E-state index in [1.165, 1.54) is 20.3 Å². The third-order valence-electron chi connectivity index (χ3n) is 11.6. The molecule has 1 fully saturated rings. The van der Waals surface area contributed by atoms with Crippen molar-refractivity contribution in [3.05, 3.63) is 95.2 Å². The Morgan fingerprint density at radius 2 is 1.79 bits per heavy atom. The fraction of sp³-hybridized carbons (Fsp3) is 0.574. The predicted molar refractivity (Wildman–Crippen MR) is 229 cm³/mol. The van der Waals surface area contributed by atoms with Gasteiger partial charge in [0.15, 0.2) is 11.6 Å². The largest absolute Gasteiger partial charge is 0.510 e. The van der Waals surface area contributed by atoms with Crippen LogP contribution in [-0.4, -0.2) is 101 Å². The SMILES string of the molecule is CC/C=C/C=C/[C@H]1O[C@@](O)([C@@H](C)[C@H](O)[C@H](C)[C@H]2OC(=O)/C(OC)=C/C(C)=C/C(C)[C@@H](O)[C@@H](C)C/C(C)=C/C=C/[C@@H]2OC)C[C@@H](OC(=O)/C=C/C(=O)NC2=C(O)CCC2=O)[C@@H]1C. The minimum Gasteiger partial charge on any atom is -0.510 e. The van der Waals surface area contributed by atoms with Crippen molar-refractivity contribution in [2.45, 2.75) is 130 Å². The van der Waals surface area contributed by atoms with Crippen LogP contribution in [0.3, 0.4) is 0 Å². The number of carbonyl (C=O) groups excluding carboxylic acids is 4. The molecule has 1 saturated heterocycles. The summed E-state index contributed by atoms with van der Waals surface area (Å²) < 4.78 is 29.5. The Morgan fingerprint density at radius 3 is 2.41 bits per heavy atom. The van der Waals surface area contributed by atoms with Crippen LogP contribution in [0.4, 0.5) is 0 Å². The number of methoxy groups -OCH3 is 2. The molecule has 0 aromatic heterocycles. The average molecular weight is 854 g/mol. The van der Waals surface area contributed by atoms with Crippen LogP contribution < -0.4 is 5.32 Å². The second-order valence-corrected chi connectivity index (χ2v) is 16.5. The molecule has 14 nitrogen and oxygen atoms in total. The molecule has 338 valence electrons. The van der Waals surface area contributed by atoms with Crippen LogP contribution in [-0.2, 0) is 42.9 Å². The molecule has 3 rings (SSSR count). The highest BCUT2D eigenvalue weighted by Gasteiger charge is 2.52. The number of ether oxygens (including phenoxy) is 5. The van der Waals surface area contributed by atoms with Crippen LogP contribution in [0.2, 0.25) is 0 Å². The number of cyclic esters (lactones) is 1. The Bertz CT molecular complexity index is 1800. The Morgan fingerprint density at radius 1 is 1.08 bits per heavy atom. The van der Waals surface area contributed by atoms with E-state index in [0.717, 1.165) is 24.1 Å². The summed E-state index contributed by atoms with van der Waals surface area (Å²) in [4.78, 5) is 51.4. The normalized spacial score (nSPS) is 34.5. The van der Waals surface area contributed by atoms with E-state index in [1.54, 1.807) is 52.0 Å². The summed E-state index contributed by atoms with van der Waals surface area (Å²) in [6, 6.07) is 0. The molecule has 61 heavy (non-hydrogen) atoms. The molecule has 0 bridgehead atoms. The summed E-state index contributed by atoms with van der Waals surface area (Å²) >= 11 is 0. The molecule has 2 aliphatic heterocycles. The zero-order valence-electron chi connectivity index (χ0n) is 37.2. The second kappa shape index (κ2) is 23.6. The van der Waals surface area contributed by atoms with Gasteiger partial charge in [-0.3, -0.25) is 9.59 Å². The summed E-state index contributed by atoms with van der Waals surface area (Å²) in [6.07, 6.45) is 13.2. The van der Waals surface area contributed by atoms with Crippen molar-refractivity contribution in [2.24, 2.45) is 29.6 Å². The molecule has 0 aromatic rings. The Kier molecular flexibility index (Phi) is 19.6. The Hall–Kier alpha value is -4.60.